The highest BCUT2D eigenvalue weighted by molar-refractivity contribution is 7.88. The highest BCUT2D eigenvalue weighted by atomic mass is 32.2. The zero-order valence-corrected chi connectivity index (χ0v) is 23.4. The maximum Gasteiger partial charge on any atom is 0.534 e. The van der Waals surface area contributed by atoms with Crippen molar-refractivity contribution in [1.82, 2.24) is 20.1 Å². The molecular formula is C25H23F5N4O5S2. The second kappa shape index (κ2) is 10.8. The summed E-state index contributed by atoms with van der Waals surface area (Å²) in [6.45, 7) is 4.27. The molecule has 5 rings (SSSR count). The molecule has 9 nitrogen and oxygen atoms in total. The van der Waals surface area contributed by atoms with Crippen molar-refractivity contribution in [1.29, 1.82) is 0 Å². The number of nitrogens with one attached hydrogen (secondary N) is 1. The average Bonchev–Trinajstić information content (AvgIpc) is 3.54. The van der Waals surface area contributed by atoms with Gasteiger partial charge in [0, 0.05) is 37.4 Å². The number of alkyl halides is 3. The molecule has 1 N–H and O–H groups in total. The summed E-state index contributed by atoms with van der Waals surface area (Å²) in [5, 5.41) is 9.21. The molecule has 16 heteroatoms. The molecule has 0 saturated carbocycles. The van der Waals surface area contributed by atoms with Crippen LogP contribution in [-0.4, -0.2) is 55.1 Å². The number of hydrogen-bond acceptors (Lipinski definition) is 9. The maximum atomic E-state index is 15.6. The Hall–Kier alpha value is -3.34. The predicted molar refractivity (Wildman–Crippen MR) is 140 cm³/mol. The number of aromatic nitrogens is 3. The van der Waals surface area contributed by atoms with E-state index in [9.17, 15) is 26.0 Å². The molecule has 0 radical (unpaired) electrons. The average molecular weight is 619 g/mol. The van der Waals surface area contributed by atoms with Gasteiger partial charge in [0.05, 0.1) is 34.0 Å². The number of halogens is 5. The number of pyridine rings is 1. The summed E-state index contributed by atoms with van der Waals surface area (Å²) in [6.07, 6.45) is 0. The minimum atomic E-state index is -6.11. The molecule has 0 bridgehead atoms. The second-order valence-corrected chi connectivity index (χ2v) is 11.7. The molecule has 3 aromatic heterocycles. The Labute approximate surface area is 235 Å². The first-order valence-corrected chi connectivity index (χ1v) is 14.5. The van der Waals surface area contributed by atoms with Crippen molar-refractivity contribution >= 4 is 31.5 Å². The quantitative estimate of drug-likeness (QED) is 0.121. The van der Waals surface area contributed by atoms with Gasteiger partial charge in [0.2, 0.25) is 5.88 Å². The molecule has 0 amide bonds. The molecule has 0 saturated heterocycles. The fourth-order valence-electron chi connectivity index (χ4n) is 4.45. The monoisotopic (exact) mass is 618 g/mol. The van der Waals surface area contributed by atoms with E-state index in [-0.39, 0.29) is 63.6 Å². The topological polar surface area (TPSA) is 105 Å². The molecule has 1 aliphatic rings. The number of benzene rings is 1. The van der Waals surface area contributed by atoms with Gasteiger partial charge in [-0.3, -0.25) is 4.68 Å². The summed E-state index contributed by atoms with van der Waals surface area (Å²) in [5.74, 6) is -3.06. The zero-order valence-electron chi connectivity index (χ0n) is 21.8. The van der Waals surface area contributed by atoms with Crippen LogP contribution in [0.2, 0.25) is 0 Å². The molecule has 1 aromatic carbocycles. The molecule has 0 fully saturated rings. The number of thiophene rings is 1. The van der Waals surface area contributed by atoms with Gasteiger partial charge < -0.3 is 19.0 Å². The highest BCUT2D eigenvalue weighted by Crippen LogP contribution is 2.47. The lowest BCUT2D eigenvalue weighted by molar-refractivity contribution is -0.0500. The highest BCUT2D eigenvalue weighted by Gasteiger charge is 2.49. The normalized spacial score (nSPS) is 17.6. The van der Waals surface area contributed by atoms with Crippen LogP contribution in [0.25, 0.3) is 32.6 Å². The molecule has 2 atom stereocenters. The second-order valence-electron chi connectivity index (χ2n) is 9.26. The van der Waals surface area contributed by atoms with Crippen LogP contribution in [0, 0.1) is 11.6 Å². The summed E-state index contributed by atoms with van der Waals surface area (Å²) in [6, 6.07) is 4.37. The minimum Gasteiger partial charge on any atom is -0.490 e. The first-order valence-electron chi connectivity index (χ1n) is 12.2. The van der Waals surface area contributed by atoms with E-state index in [1.807, 2.05) is 13.8 Å². The smallest absolute Gasteiger partial charge is 0.490 e. The maximum absolute atomic E-state index is 15.6. The molecule has 1 aliphatic heterocycles. The van der Waals surface area contributed by atoms with E-state index in [2.05, 4.69) is 19.6 Å². The van der Waals surface area contributed by atoms with E-state index in [0.717, 1.165) is 17.4 Å². The molecule has 0 aliphatic carbocycles. The molecule has 0 unspecified atom stereocenters. The van der Waals surface area contributed by atoms with Crippen molar-refractivity contribution in [2.75, 3.05) is 20.3 Å². The van der Waals surface area contributed by atoms with Gasteiger partial charge in [-0.1, -0.05) is 0 Å². The fourth-order valence-corrected chi connectivity index (χ4v) is 5.82. The van der Waals surface area contributed by atoms with Gasteiger partial charge in [-0.25, -0.2) is 13.8 Å². The van der Waals surface area contributed by atoms with Crippen molar-refractivity contribution in [3.8, 4) is 34.1 Å². The van der Waals surface area contributed by atoms with Gasteiger partial charge in [0.25, 0.3) is 0 Å². The van der Waals surface area contributed by atoms with E-state index in [4.69, 9.17) is 9.47 Å². The Balaban J connectivity index is 1.82. The van der Waals surface area contributed by atoms with Crippen LogP contribution in [0.3, 0.4) is 0 Å². The number of nitrogens with zero attached hydrogens (tertiary/aromatic N) is 3. The molecule has 41 heavy (non-hydrogen) atoms. The van der Waals surface area contributed by atoms with Crippen LogP contribution >= 0.6 is 11.3 Å². The number of ether oxygens (including phenoxy) is 2. The van der Waals surface area contributed by atoms with Crippen LogP contribution < -0.4 is 14.2 Å². The lowest BCUT2D eigenvalue weighted by atomic mass is 9.98. The van der Waals surface area contributed by atoms with Crippen molar-refractivity contribution in [2.24, 2.45) is 0 Å². The van der Waals surface area contributed by atoms with Crippen molar-refractivity contribution < 1.29 is 44.0 Å². The van der Waals surface area contributed by atoms with E-state index in [0.29, 0.717) is 18.3 Å². The van der Waals surface area contributed by atoms with E-state index in [1.54, 1.807) is 10.7 Å². The number of methoxy groups -OCH3 is 1. The van der Waals surface area contributed by atoms with Gasteiger partial charge in [-0.15, -0.1) is 11.3 Å². The van der Waals surface area contributed by atoms with Gasteiger partial charge in [0.1, 0.15) is 35.4 Å². The Kier molecular flexibility index (Phi) is 7.69. The fraction of sp³-hybridized carbons (Fsp3) is 0.360. The van der Waals surface area contributed by atoms with Crippen LogP contribution in [0.15, 0.2) is 29.6 Å². The third-order valence-corrected chi connectivity index (χ3v) is 8.51. The summed E-state index contributed by atoms with van der Waals surface area (Å²) >= 11 is 0.967. The molecule has 4 heterocycles. The summed E-state index contributed by atoms with van der Waals surface area (Å²) in [4.78, 5) is 4.18. The van der Waals surface area contributed by atoms with E-state index >= 15 is 4.39 Å². The lowest BCUT2D eigenvalue weighted by Crippen LogP contribution is -2.39. The third kappa shape index (κ3) is 5.36. The van der Waals surface area contributed by atoms with Gasteiger partial charge >= 0.3 is 15.6 Å². The number of rotatable bonds is 8. The lowest BCUT2D eigenvalue weighted by Gasteiger charge is -2.28. The third-order valence-electron chi connectivity index (χ3n) is 6.63. The largest absolute Gasteiger partial charge is 0.534 e. The van der Waals surface area contributed by atoms with E-state index in [1.165, 1.54) is 18.6 Å². The van der Waals surface area contributed by atoms with Crippen molar-refractivity contribution in [2.45, 2.75) is 38.0 Å². The summed E-state index contributed by atoms with van der Waals surface area (Å²) in [5.41, 5.74) is -5.34. The Morgan fingerprint density at radius 2 is 1.90 bits per heavy atom. The zero-order chi connectivity index (χ0) is 29.7. The first kappa shape index (κ1) is 29.2. The number of fused-ring (bicyclic) bond motifs is 2. The summed E-state index contributed by atoms with van der Waals surface area (Å²) in [7, 11) is -4.69. The molecular weight excluding hydrogens is 595 g/mol. The van der Waals surface area contributed by atoms with Crippen LogP contribution in [0.1, 0.15) is 25.6 Å². The standard InChI is InChI=1S/C25H23F5N4O5S2/c1-12-13(2)34-15(11-31-12)10-18(33-34)22-21(20-17(27)8-14(26)9-19(20)38-6-5-37-3)23-16(4-7-40-23)24(32-22)39-41(35,36)25(28,29)30/h4,7-10,12-13,31H,5-6,11H2,1-3H3/t12-,13+/m1/s1. The van der Waals surface area contributed by atoms with Gasteiger partial charge in [-0.05, 0) is 31.4 Å². The first-order chi connectivity index (χ1) is 19.3. The Bertz CT molecular complexity index is 1720. The van der Waals surface area contributed by atoms with Crippen molar-refractivity contribution in [3.05, 3.63) is 47.0 Å². The Morgan fingerprint density at radius 1 is 1.15 bits per heavy atom. The number of hydrogen-bond donors (Lipinski definition) is 1. The molecule has 220 valence electrons. The SMILES string of the molecule is COCCOc1cc(F)cc(F)c1-c1c(-c2cc3n(n2)[C@@H](C)[C@@H](C)NC3)nc(OS(=O)(=O)C(F)(F)F)c2ccsc12. The molecule has 0 spiro atoms. The predicted octanol–water partition coefficient (Wildman–Crippen LogP) is 5.41. The van der Waals surface area contributed by atoms with E-state index < -0.39 is 33.1 Å². The minimum absolute atomic E-state index is 0.0146. The van der Waals surface area contributed by atoms with Crippen molar-refractivity contribution in [3.63, 3.8) is 0 Å². The molecule has 4 aromatic rings. The van der Waals surface area contributed by atoms with Crippen LogP contribution in [-0.2, 0) is 21.4 Å². The van der Waals surface area contributed by atoms with Gasteiger partial charge in [0.15, 0.2) is 0 Å². The Morgan fingerprint density at radius 3 is 2.61 bits per heavy atom. The van der Waals surface area contributed by atoms with Crippen LogP contribution in [0.4, 0.5) is 22.0 Å². The van der Waals surface area contributed by atoms with Crippen LogP contribution in [0.5, 0.6) is 11.6 Å². The summed E-state index contributed by atoms with van der Waals surface area (Å²) < 4.78 is 111. The van der Waals surface area contributed by atoms with Gasteiger partial charge in [-0.2, -0.15) is 26.7 Å².